The van der Waals surface area contributed by atoms with E-state index in [2.05, 4.69) is 23.5 Å². The molecule has 0 unspecified atom stereocenters. The molecule has 1 aliphatic heterocycles. The van der Waals surface area contributed by atoms with Crippen LogP contribution in [-0.2, 0) is 17.9 Å². The fourth-order valence-electron chi connectivity index (χ4n) is 3.01. The first-order valence-corrected chi connectivity index (χ1v) is 8.21. The van der Waals surface area contributed by atoms with Crippen molar-refractivity contribution in [3.63, 3.8) is 0 Å². The van der Waals surface area contributed by atoms with Gasteiger partial charge in [0.15, 0.2) is 0 Å². The van der Waals surface area contributed by atoms with Gasteiger partial charge in [0.2, 0.25) is 5.91 Å². The van der Waals surface area contributed by atoms with Crippen LogP contribution in [0.4, 0.5) is 0 Å². The first kappa shape index (κ1) is 15.6. The van der Waals surface area contributed by atoms with E-state index >= 15 is 0 Å². The molecule has 0 bridgehead atoms. The molecule has 0 saturated carbocycles. The first-order chi connectivity index (χ1) is 11.3. The molecule has 0 aliphatic carbocycles. The predicted octanol–water partition coefficient (Wildman–Crippen LogP) is 1.79. The molecule has 2 heterocycles. The van der Waals surface area contributed by atoms with Crippen LogP contribution in [0.2, 0.25) is 0 Å². The predicted molar refractivity (Wildman–Crippen MR) is 89.7 cm³/mol. The van der Waals surface area contributed by atoms with Gasteiger partial charge in [-0.15, -0.1) is 0 Å². The van der Waals surface area contributed by atoms with Gasteiger partial charge in [-0.1, -0.05) is 24.3 Å². The number of hydrogen-bond donors (Lipinski definition) is 2. The number of nitrogens with one attached hydrogen (secondary N) is 2. The van der Waals surface area contributed by atoms with Gasteiger partial charge in [-0.2, -0.15) is 0 Å². The maximum absolute atomic E-state index is 11.9. The van der Waals surface area contributed by atoms with E-state index in [0.717, 1.165) is 6.54 Å². The largest absolute Gasteiger partial charge is 0.465 e. The third-order valence-electron chi connectivity index (χ3n) is 4.26. The van der Waals surface area contributed by atoms with Crippen molar-refractivity contribution in [2.45, 2.75) is 25.9 Å². The van der Waals surface area contributed by atoms with Crippen LogP contribution < -0.4 is 10.2 Å². The molecular formula is C19H23N2O2+. The minimum atomic E-state index is -0.107. The topological polar surface area (TPSA) is 46.7 Å². The number of hydrogen-bond acceptors (Lipinski definition) is 2. The first-order valence-electron chi connectivity index (χ1n) is 8.21. The second-order valence-corrected chi connectivity index (χ2v) is 5.97. The molecule has 1 aromatic heterocycles. The Morgan fingerprint density at radius 1 is 1.13 bits per heavy atom. The summed E-state index contributed by atoms with van der Waals surface area (Å²) in [5, 5.41) is 2.95. The molecular weight excluding hydrogens is 288 g/mol. The van der Waals surface area contributed by atoms with Gasteiger partial charge < -0.3 is 14.6 Å². The summed E-state index contributed by atoms with van der Waals surface area (Å²) >= 11 is 0. The Hall–Kier alpha value is -2.33. The van der Waals surface area contributed by atoms with Crippen LogP contribution in [0.15, 0.2) is 53.2 Å². The minimum absolute atomic E-state index is 0.107. The summed E-state index contributed by atoms with van der Waals surface area (Å²) in [6.07, 6.45) is 7.43. The second kappa shape index (κ2) is 7.79. The van der Waals surface area contributed by atoms with Crippen LogP contribution in [0, 0.1) is 0 Å². The Kier molecular flexibility index (Phi) is 5.27. The third-order valence-corrected chi connectivity index (χ3v) is 4.26. The van der Waals surface area contributed by atoms with Crippen LogP contribution in [0.25, 0.3) is 6.08 Å². The molecule has 4 heteroatoms. The Morgan fingerprint density at radius 2 is 1.91 bits per heavy atom. The molecule has 0 atom stereocenters. The number of amides is 1. The Balaban J connectivity index is 1.56. The lowest BCUT2D eigenvalue weighted by Gasteiger charge is -2.15. The van der Waals surface area contributed by atoms with Crippen LogP contribution in [0.1, 0.15) is 29.7 Å². The molecule has 0 spiro atoms. The Labute approximate surface area is 136 Å². The summed E-state index contributed by atoms with van der Waals surface area (Å²) in [6, 6.07) is 12.0. The fourth-order valence-corrected chi connectivity index (χ4v) is 3.01. The van der Waals surface area contributed by atoms with Crippen molar-refractivity contribution < 1.29 is 14.1 Å². The average molecular weight is 311 g/mol. The van der Waals surface area contributed by atoms with Crippen LogP contribution in [0.3, 0.4) is 0 Å². The zero-order valence-electron chi connectivity index (χ0n) is 13.3. The minimum Gasteiger partial charge on any atom is -0.465 e. The molecule has 120 valence electrons. The highest BCUT2D eigenvalue weighted by atomic mass is 16.3. The molecule has 1 saturated heterocycles. The maximum atomic E-state index is 11.9. The lowest BCUT2D eigenvalue weighted by molar-refractivity contribution is -0.901. The molecule has 0 radical (unpaired) electrons. The van der Waals surface area contributed by atoms with Gasteiger partial charge in [0, 0.05) is 31.0 Å². The summed E-state index contributed by atoms with van der Waals surface area (Å²) < 4.78 is 5.17. The van der Waals surface area contributed by atoms with Gasteiger partial charge in [0.1, 0.15) is 12.3 Å². The normalized spacial score (nSPS) is 15.3. The molecule has 2 aromatic rings. The number of rotatable bonds is 6. The molecule has 2 N–H and O–H groups in total. The Bertz CT molecular complexity index is 656. The van der Waals surface area contributed by atoms with E-state index in [4.69, 9.17) is 4.42 Å². The van der Waals surface area contributed by atoms with Gasteiger partial charge in [-0.25, -0.2) is 0 Å². The monoisotopic (exact) mass is 311 g/mol. The second-order valence-electron chi connectivity index (χ2n) is 5.97. The van der Waals surface area contributed by atoms with Gasteiger partial charge in [0.05, 0.1) is 19.4 Å². The number of benzene rings is 1. The number of carbonyl (C=O) groups excluding carboxylic acids is 1. The van der Waals surface area contributed by atoms with Crippen molar-refractivity contribution in [2.75, 3.05) is 13.1 Å². The summed E-state index contributed by atoms with van der Waals surface area (Å²) in [7, 11) is 0. The van der Waals surface area contributed by atoms with Gasteiger partial charge in [-0.3, -0.25) is 4.79 Å². The number of quaternary nitrogens is 1. The summed E-state index contributed by atoms with van der Waals surface area (Å²) in [4.78, 5) is 13.6. The molecule has 23 heavy (non-hydrogen) atoms. The van der Waals surface area contributed by atoms with E-state index in [-0.39, 0.29) is 5.91 Å². The summed E-state index contributed by atoms with van der Waals surface area (Å²) in [6.45, 7) is 4.12. The molecule has 4 nitrogen and oxygen atoms in total. The van der Waals surface area contributed by atoms with Crippen molar-refractivity contribution in [3.8, 4) is 0 Å². The SMILES string of the molecule is O=C(/C=C/c1ccco1)NCc1ccccc1C[NH+]1CCCC1. The third kappa shape index (κ3) is 4.57. The number of likely N-dealkylation sites (tertiary alicyclic amines) is 1. The quantitative estimate of drug-likeness (QED) is 0.799. The van der Waals surface area contributed by atoms with E-state index in [9.17, 15) is 4.79 Å². The molecule has 1 fully saturated rings. The lowest BCUT2D eigenvalue weighted by Crippen LogP contribution is -3.08. The highest BCUT2D eigenvalue weighted by Crippen LogP contribution is 2.08. The highest BCUT2D eigenvalue weighted by Gasteiger charge is 2.17. The summed E-state index contributed by atoms with van der Waals surface area (Å²) in [5.74, 6) is 0.572. The van der Waals surface area contributed by atoms with Crippen molar-refractivity contribution in [1.29, 1.82) is 0 Å². The number of furan rings is 1. The van der Waals surface area contributed by atoms with Crippen molar-refractivity contribution in [1.82, 2.24) is 5.32 Å². The van der Waals surface area contributed by atoms with Crippen molar-refractivity contribution >= 4 is 12.0 Å². The standard InChI is InChI=1S/C19H22N2O2/c22-19(10-9-18-8-5-13-23-18)20-14-16-6-1-2-7-17(16)15-21-11-3-4-12-21/h1-2,5-10,13H,3-4,11-12,14-15H2,(H,20,22)/p+1/b10-9+. The molecule has 1 aromatic carbocycles. The van der Waals surface area contributed by atoms with Gasteiger partial charge in [-0.05, 0) is 23.8 Å². The van der Waals surface area contributed by atoms with Gasteiger partial charge >= 0.3 is 0 Å². The van der Waals surface area contributed by atoms with E-state index in [1.54, 1.807) is 23.3 Å². The van der Waals surface area contributed by atoms with E-state index < -0.39 is 0 Å². The van der Waals surface area contributed by atoms with Crippen molar-refractivity contribution in [3.05, 3.63) is 65.6 Å². The van der Waals surface area contributed by atoms with E-state index in [0.29, 0.717) is 12.3 Å². The van der Waals surface area contributed by atoms with Crippen molar-refractivity contribution in [2.24, 2.45) is 0 Å². The van der Waals surface area contributed by atoms with Crippen LogP contribution in [-0.4, -0.2) is 19.0 Å². The zero-order chi connectivity index (χ0) is 15.9. The van der Waals surface area contributed by atoms with Gasteiger partial charge in [0.25, 0.3) is 0 Å². The van der Waals surface area contributed by atoms with Crippen LogP contribution in [0.5, 0.6) is 0 Å². The molecule has 3 rings (SSSR count). The van der Waals surface area contributed by atoms with Crippen LogP contribution >= 0.6 is 0 Å². The smallest absolute Gasteiger partial charge is 0.244 e. The number of carbonyl (C=O) groups is 1. The molecule has 1 amide bonds. The lowest BCUT2D eigenvalue weighted by atomic mass is 10.1. The maximum Gasteiger partial charge on any atom is 0.244 e. The average Bonchev–Trinajstić information content (AvgIpc) is 3.25. The molecule has 1 aliphatic rings. The zero-order valence-corrected chi connectivity index (χ0v) is 13.3. The van der Waals surface area contributed by atoms with E-state index in [1.807, 2.05) is 12.1 Å². The highest BCUT2D eigenvalue weighted by molar-refractivity contribution is 5.91. The van der Waals surface area contributed by atoms with E-state index in [1.165, 1.54) is 43.1 Å². The summed E-state index contributed by atoms with van der Waals surface area (Å²) in [5.41, 5.74) is 2.53. The fraction of sp³-hybridized carbons (Fsp3) is 0.316. The Morgan fingerprint density at radius 3 is 2.65 bits per heavy atom.